The minimum atomic E-state index is -0.519. The van der Waals surface area contributed by atoms with Gasteiger partial charge in [0.15, 0.2) is 5.78 Å². The van der Waals surface area contributed by atoms with Crippen LogP contribution in [0.25, 0.3) is 0 Å². The smallest absolute Gasteiger partial charge is 0.170 e. The maximum Gasteiger partial charge on any atom is 0.170 e. The summed E-state index contributed by atoms with van der Waals surface area (Å²) in [5.41, 5.74) is 0.0579. The van der Waals surface area contributed by atoms with E-state index in [1.807, 2.05) is 0 Å². The number of ether oxygens (including phenoxy) is 2. The Morgan fingerprint density at radius 2 is 2.10 bits per heavy atom. The van der Waals surface area contributed by atoms with Crippen molar-refractivity contribution < 1.29 is 18.7 Å². The van der Waals surface area contributed by atoms with Gasteiger partial charge in [-0.25, -0.2) is 4.39 Å². The first-order chi connectivity index (χ1) is 10.2. The summed E-state index contributed by atoms with van der Waals surface area (Å²) in [7, 11) is 3.11. The summed E-state index contributed by atoms with van der Waals surface area (Å²) < 4.78 is 24.0. The summed E-state index contributed by atoms with van der Waals surface area (Å²) >= 11 is 0. The fourth-order valence-corrected chi connectivity index (χ4v) is 2.44. The number of carbonyl (C=O) groups is 1. The number of benzene rings is 1. The van der Waals surface area contributed by atoms with Crippen LogP contribution in [0.1, 0.15) is 29.6 Å². The first-order valence-electron chi connectivity index (χ1n) is 7.26. The zero-order valence-electron chi connectivity index (χ0n) is 12.6. The molecule has 0 radical (unpaired) electrons. The van der Waals surface area contributed by atoms with Gasteiger partial charge >= 0.3 is 0 Å². The third-order valence-electron chi connectivity index (χ3n) is 3.75. The summed E-state index contributed by atoms with van der Waals surface area (Å²) in [5.74, 6) is -0.433. The van der Waals surface area contributed by atoms with E-state index in [0.29, 0.717) is 24.9 Å². The van der Waals surface area contributed by atoms with Crippen LogP contribution in [0.5, 0.6) is 5.75 Å². The van der Waals surface area contributed by atoms with Crippen molar-refractivity contribution in [3.8, 4) is 5.75 Å². The van der Waals surface area contributed by atoms with E-state index < -0.39 is 5.82 Å². The maximum absolute atomic E-state index is 13.9. The molecule has 1 aromatic rings. The maximum atomic E-state index is 13.9. The van der Waals surface area contributed by atoms with Crippen molar-refractivity contribution in [2.75, 3.05) is 33.9 Å². The van der Waals surface area contributed by atoms with Crippen LogP contribution in [0.2, 0.25) is 0 Å². The summed E-state index contributed by atoms with van der Waals surface area (Å²) in [6, 6.07) is 5.00. The second kappa shape index (κ2) is 7.52. The molecular weight excluding hydrogens is 273 g/mol. The third-order valence-corrected chi connectivity index (χ3v) is 3.75. The van der Waals surface area contributed by atoms with E-state index in [1.54, 1.807) is 19.2 Å². The van der Waals surface area contributed by atoms with Gasteiger partial charge in [-0.15, -0.1) is 0 Å². The molecule has 0 heterocycles. The van der Waals surface area contributed by atoms with Gasteiger partial charge in [-0.05, 0) is 25.0 Å². The van der Waals surface area contributed by atoms with Gasteiger partial charge in [0.1, 0.15) is 11.6 Å². The summed E-state index contributed by atoms with van der Waals surface area (Å²) in [6.45, 7) is 2.08. The molecule has 0 bridgehead atoms. The van der Waals surface area contributed by atoms with Crippen LogP contribution in [0.3, 0.4) is 0 Å². The molecule has 0 amide bonds. The normalized spacial score (nSPS) is 14.5. The lowest BCUT2D eigenvalue weighted by Gasteiger charge is -2.21. The standard InChI is InChI=1S/C16H22FNO3/c1-20-11-10-18(12-6-7-12)9-8-14(19)16-13(17)4-3-5-15(16)21-2/h3-5,12H,6-11H2,1-2H3. The van der Waals surface area contributed by atoms with Gasteiger partial charge in [-0.3, -0.25) is 9.69 Å². The Balaban J connectivity index is 1.97. The minimum Gasteiger partial charge on any atom is -0.496 e. The molecular formula is C16H22FNO3. The molecule has 1 fully saturated rings. The average Bonchev–Trinajstić information content (AvgIpc) is 3.31. The van der Waals surface area contributed by atoms with Crippen molar-refractivity contribution >= 4 is 5.78 Å². The molecule has 21 heavy (non-hydrogen) atoms. The van der Waals surface area contributed by atoms with Crippen molar-refractivity contribution in [2.24, 2.45) is 0 Å². The molecule has 0 aliphatic heterocycles. The number of nitrogens with zero attached hydrogens (tertiary/aromatic N) is 1. The highest BCUT2D eigenvalue weighted by atomic mass is 19.1. The van der Waals surface area contributed by atoms with E-state index in [2.05, 4.69) is 4.90 Å². The fourth-order valence-electron chi connectivity index (χ4n) is 2.44. The van der Waals surface area contributed by atoms with Gasteiger partial charge in [-0.2, -0.15) is 0 Å². The second-order valence-corrected chi connectivity index (χ2v) is 5.25. The first-order valence-corrected chi connectivity index (χ1v) is 7.26. The van der Waals surface area contributed by atoms with E-state index >= 15 is 0 Å². The van der Waals surface area contributed by atoms with E-state index in [0.717, 1.165) is 6.54 Å². The number of halogens is 1. The van der Waals surface area contributed by atoms with E-state index in [4.69, 9.17) is 9.47 Å². The van der Waals surface area contributed by atoms with Gasteiger partial charge in [0.05, 0.1) is 19.3 Å². The largest absolute Gasteiger partial charge is 0.496 e. The first kappa shape index (κ1) is 15.9. The van der Waals surface area contributed by atoms with Crippen LogP contribution >= 0.6 is 0 Å². The van der Waals surface area contributed by atoms with Crippen LogP contribution in [-0.2, 0) is 4.74 Å². The number of hydrogen-bond donors (Lipinski definition) is 0. The van der Waals surface area contributed by atoms with Crippen LogP contribution in [0.4, 0.5) is 4.39 Å². The van der Waals surface area contributed by atoms with E-state index in [-0.39, 0.29) is 17.8 Å². The van der Waals surface area contributed by atoms with Crippen LogP contribution < -0.4 is 4.74 Å². The average molecular weight is 295 g/mol. The number of methoxy groups -OCH3 is 2. The van der Waals surface area contributed by atoms with Gasteiger partial charge in [0.2, 0.25) is 0 Å². The molecule has 1 saturated carbocycles. The molecule has 2 rings (SSSR count). The lowest BCUT2D eigenvalue weighted by Crippen LogP contribution is -2.32. The molecule has 1 aliphatic carbocycles. The van der Waals surface area contributed by atoms with Gasteiger partial charge in [0.25, 0.3) is 0 Å². The topological polar surface area (TPSA) is 38.8 Å². The van der Waals surface area contributed by atoms with E-state index in [1.165, 1.54) is 26.0 Å². The molecule has 0 spiro atoms. The molecule has 1 aromatic carbocycles. The zero-order chi connectivity index (χ0) is 15.2. The molecule has 4 nitrogen and oxygen atoms in total. The lowest BCUT2D eigenvalue weighted by atomic mass is 10.1. The minimum absolute atomic E-state index is 0.0579. The van der Waals surface area contributed by atoms with E-state index in [9.17, 15) is 9.18 Å². The Morgan fingerprint density at radius 1 is 1.33 bits per heavy atom. The zero-order valence-corrected chi connectivity index (χ0v) is 12.6. The molecule has 0 unspecified atom stereocenters. The second-order valence-electron chi connectivity index (χ2n) is 5.25. The van der Waals surface area contributed by atoms with Crippen molar-refractivity contribution in [1.82, 2.24) is 4.90 Å². The van der Waals surface area contributed by atoms with Crippen molar-refractivity contribution in [2.45, 2.75) is 25.3 Å². The van der Waals surface area contributed by atoms with Crippen LogP contribution in [0, 0.1) is 5.82 Å². The quantitative estimate of drug-likeness (QED) is 0.656. The molecule has 5 heteroatoms. The number of carbonyl (C=O) groups excluding carboxylic acids is 1. The third kappa shape index (κ3) is 4.25. The molecule has 1 aliphatic rings. The Kier molecular flexibility index (Phi) is 5.70. The molecule has 116 valence electrons. The van der Waals surface area contributed by atoms with Gasteiger partial charge in [-0.1, -0.05) is 6.07 Å². The van der Waals surface area contributed by atoms with Gasteiger partial charge in [0, 0.05) is 32.7 Å². The summed E-state index contributed by atoms with van der Waals surface area (Å²) in [6.07, 6.45) is 2.62. The van der Waals surface area contributed by atoms with Crippen molar-refractivity contribution in [3.63, 3.8) is 0 Å². The van der Waals surface area contributed by atoms with Crippen LogP contribution in [-0.4, -0.2) is 50.6 Å². The van der Waals surface area contributed by atoms with Crippen molar-refractivity contribution in [1.29, 1.82) is 0 Å². The molecule has 0 aromatic heterocycles. The predicted molar refractivity (Wildman–Crippen MR) is 78.4 cm³/mol. The number of hydrogen-bond acceptors (Lipinski definition) is 4. The number of rotatable bonds is 9. The van der Waals surface area contributed by atoms with Gasteiger partial charge < -0.3 is 9.47 Å². The highest BCUT2D eigenvalue weighted by molar-refractivity contribution is 5.99. The monoisotopic (exact) mass is 295 g/mol. The SMILES string of the molecule is COCCN(CCC(=O)c1c(F)cccc1OC)C1CC1. The predicted octanol–water partition coefficient (Wildman–Crippen LogP) is 2.52. The Labute approximate surface area is 124 Å². The van der Waals surface area contributed by atoms with Crippen LogP contribution in [0.15, 0.2) is 18.2 Å². The Morgan fingerprint density at radius 3 is 2.71 bits per heavy atom. The van der Waals surface area contributed by atoms with Crippen molar-refractivity contribution in [3.05, 3.63) is 29.6 Å². The molecule has 0 atom stereocenters. The number of ketones is 1. The summed E-state index contributed by atoms with van der Waals surface area (Å²) in [4.78, 5) is 14.5. The highest BCUT2D eigenvalue weighted by Crippen LogP contribution is 2.28. The number of Topliss-reactive ketones (excluding diaryl/α,β-unsaturated/α-hetero) is 1. The molecule has 0 saturated heterocycles. The Hall–Kier alpha value is -1.46. The lowest BCUT2D eigenvalue weighted by molar-refractivity contribution is 0.0938. The molecule has 0 N–H and O–H groups in total. The summed E-state index contributed by atoms with van der Waals surface area (Å²) in [5, 5.41) is 0. The fraction of sp³-hybridized carbons (Fsp3) is 0.562. The highest BCUT2D eigenvalue weighted by Gasteiger charge is 2.29. The Bertz CT molecular complexity index is 488.